The minimum atomic E-state index is -0.0974. The average molecular weight is 455 g/mol. The lowest BCUT2D eigenvalue weighted by molar-refractivity contribution is 0.0994. The van der Waals surface area contributed by atoms with E-state index < -0.39 is 0 Å². The summed E-state index contributed by atoms with van der Waals surface area (Å²) < 4.78 is 6.05. The summed E-state index contributed by atoms with van der Waals surface area (Å²) >= 11 is 0. The van der Waals surface area contributed by atoms with Crippen LogP contribution in [0, 0.1) is 6.92 Å². The normalized spacial score (nSPS) is 12.9. The molecule has 4 heterocycles. The van der Waals surface area contributed by atoms with Crippen LogP contribution in [-0.2, 0) is 6.42 Å². The van der Waals surface area contributed by atoms with Crippen LogP contribution in [0.3, 0.4) is 0 Å². The first-order valence-corrected chi connectivity index (χ1v) is 11.3. The van der Waals surface area contributed by atoms with Crippen molar-refractivity contribution in [2.24, 2.45) is 0 Å². The summed E-state index contributed by atoms with van der Waals surface area (Å²) in [5.41, 5.74) is 4.34. The summed E-state index contributed by atoms with van der Waals surface area (Å²) in [5.74, 6) is 2.92. The first kappa shape index (κ1) is 21.6. The topological polar surface area (TPSA) is 87.2 Å². The minimum Gasteiger partial charge on any atom is -0.493 e. The van der Waals surface area contributed by atoms with Crippen molar-refractivity contribution >= 4 is 23.2 Å². The fraction of sp³-hybridized carbons (Fsp3) is 0.231. The maximum Gasteiger partial charge on any atom is 0.261 e. The van der Waals surface area contributed by atoms with Gasteiger partial charge in [-0.1, -0.05) is 0 Å². The van der Waals surface area contributed by atoms with Crippen LogP contribution in [0.4, 0.5) is 17.3 Å². The lowest BCUT2D eigenvalue weighted by Gasteiger charge is -2.22. The molecule has 172 valence electrons. The Morgan fingerprint density at radius 1 is 1.06 bits per heavy atom. The molecule has 0 fully saturated rings. The number of rotatable bonds is 6. The number of fused-ring (bicyclic) bond motifs is 2. The van der Waals surface area contributed by atoms with E-state index in [4.69, 9.17) is 4.74 Å². The highest BCUT2D eigenvalue weighted by molar-refractivity contribution is 6.12. The van der Waals surface area contributed by atoms with Crippen molar-refractivity contribution in [3.8, 4) is 17.1 Å². The highest BCUT2D eigenvalue weighted by Crippen LogP contribution is 2.37. The number of pyridine rings is 2. The molecule has 8 heteroatoms. The Hall–Kier alpha value is -4.20. The molecule has 1 aliphatic rings. The third-order valence-corrected chi connectivity index (χ3v) is 6.01. The van der Waals surface area contributed by atoms with Gasteiger partial charge in [-0.2, -0.15) is 0 Å². The van der Waals surface area contributed by atoms with Crippen LogP contribution in [0.2, 0.25) is 0 Å². The van der Waals surface area contributed by atoms with Crippen molar-refractivity contribution in [3.63, 3.8) is 0 Å². The molecule has 1 amide bonds. The number of aromatic amines is 1. The fourth-order valence-electron chi connectivity index (χ4n) is 4.22. The van der Waals surface area contributed by atoms with Crippen LogP contribution in [0.5, 0.6) is 5.75 Å². The molecule has 0 spiro atoms. The Kier molecular flexibility index (Phi) is 5.71. The predicted molar refractivity (Wildman–Crippen MR) is 132 cm³/mol. The van der Waals surface area contributed by atoms with E-state index in [-0.39, 0.29) is 5.91 Å². The smallest absolute Gasteiger partial charge is 0.261 e. The van der Waals surface area contributed by atoms with Crippen molar-refractivity contribution in [2.75, 3.05) is 30.0 Å². The van der Waals surface area contributed by atoms with Gasteiger partial charge in [-0.3, -0.25) is 4.79 Å². The lowest BCUT2D eigenvalue weighted by atomic mass is 10.1. The quantitative estimate of drug-likeness (QED) is 0.460. The van der Waals surface area contributed by atoms with E-state index in [0.29, 0.717) is 31.0 Å². The molecule has 0 saturated heterocycles. The van der Waals surface area contributed by atoms with Crippen LogP contribution in [-0.4, -0.2) is 46.0 Å². The van der Waals surface area contributed by atoms with Crippen LogP contribution >= 0.6 is 0 Å². The van der Waals surface area contributed by atoms with E-state index in [1.165, 1.54) is 0 Å². The molecule has 0 atom stereocenters. The van der Waals surface area contributed by atoms with Gasteiger partial charge in [0.25, 0.3) is 5.91 Å². The van der Waals surface area contributed by atoms with Crippen molar-refractivity contribution in [1.82, 2.24) is 19.9 Å². The second-order valence-corrected chi connectivity index (χ2v) is 8.19. The third-order valence-electron chi connectivity index (χ3n) is 6.01. The van der Waals surface area contributed by atoms with Gasteiger partial charge in [0.2, 0.25) is 0 Å². The number of anilines is 3. The van der Waals surface area contributed by atoms with E-state index in [9.17, 15) is 4.79 Å². The second kappa shape index (κ2) is 8.97. The maximum atomic E-state index is 13.3. The van der Waals surface area contributed by atoms with Crippen LogP contribution in [0.25, 0.3) is 11.4 Å². The number of nitrogens with zero attached hydrogens (tertiary/aromatic N) is 5. The number of carbonyl (C=O) groups excluding carboxylic acids is 1. The third kappa shape index (κ3) is 3.87. The van der Waals surface area contributed by atoms with Crippen molar-refractivity contribution in [2.45, 2.75) is 20.3 Å². The molecular weight excluding hydrogens is 428 g/mol. The Bertz CT molecular complexity index is 1340. The van der Waals surface area contributed by atoms with Gasteiger partial charge < -0.3 is 19.5 Å². The second-order valence-electron chi connectivity index (χ2n) is 8.19. The van der Waals surface area contributed by atoms with Gasteiger partial charge in [-0.15, -0.1) is 0 Å². The molecular formula is C26H26N6O2. The van der Waals surface area contributed by atoms with E-state index in [0.717, 1.165) is 39.8 Å². The Balaban J connectivity index is 1.34. The van der Waals surface area contributed by atoms with Crippen LogP contribution in [0.1, 0.15) is 28.4 Å². The van der Waals surface area contributed by atoms with Gasteiger partial charge in [-0.05, 0) is 61.4 Å². The largest absolute Gasteiger partial charge is 0.493 e. The number of amides is 1. The molecule has 1 aliphatic heterocycles. The number of imidazole rings is 1. The lowest BCUT2D eigenvalue weighted by Crippen LogP contribution is -2.25. The number of nitrogens with one attached hydrogen (secondary N) is 1. The predicted octanol–water partition coefficient (Wildman–Crippen LogP) is 4.54. The van der Waals surface area contributed by atoms with Gasteiger partial charge in [-0.25, -0.2) is 15.0 Å². The van der Waals surface area contributed by atoms with Gasteiger partial charge in [0.1, 0.15) is 17.4 Å². The number of carbonyl (C=O) groups is 1. The highest BCUT2D eigenvalue weighted by Gasteiger charge is 2.30. The minimum absolute atomic E-state index is 0.0974. The highest BCUT2D eigenvalue weighted by atomic mass is 16.5. The zero-order valence-electron chi connectivity index (χ0n) is 19.4. The monoisotopic (exact) mass is 454 g/mol. The molecule has 1 aromatic carbocycles. The number of aromatic nitrogens is 4. The van der Waals surface area contributed by atoms with Crippen molar-refractivity contribution < 1.29 is 9.53 Å². The molecule has 0 bridgehead atoms. The molecule has 34 heavy (non-hydrogen) atoms. The van der Waals surface area contributed by atoms with E-state index in [2.05, 4.69) is 26.0 Å². The zero-order chi connectivity index (χ0) is 23.7. The Morgan fingerprint density at radius 3 is 2.71 bits per heavy atom. The fourth-order valence-corrected chi connectivity index (χ4v) is 4.22. The Labute approximate surface area is 198 Å². The number of ether oxygens (including phenoxy) is 1. The molecule has 0 radical (unpaired) electrons. The van der Waals surface area contributed by atoms with Gasteiger partial charge in [0.05, 0.1) is 17.9 Å². The average Bonchev–Trinajstić information content (AvgIpc) is 3.38. The molecule has 8 nitrogen and oxygen atoms in total. The van der Waals surface area contributed by atoms with E-state index in [1.807, 2.05) is 55.3 Å². The number of hydrogen-bond donors (Lipinski definition) is 1. The van der Waals surface area contributed by atoms with Crippen LogP contribution < -0.4 is 14.5 Å². The van der Waals surface area contributed by atoms with Gasteiger partial charge in [0.15, 0.2) is 5.82 Å². The molecule has 0 saturated carbocycles. The summed E-state index contributed by atoms with van der Waals surface area (Å²) in [6.07, 6.45) is 7.73. The standard InChI is InChI=1S/C26H26N6O2/c1-4-32-24-20(26(33)31(3)21-6-5-10-29-25(21)32)15-18(16-30-24)9-13-34-22-8-7-19(14-17(22)2)23-27-11-12-28-23/h5-8,10-12,14-16H,4,9,13H2,1-3H3,(H,27,28). The first-order valence-electron chi connectivity index (χ1n) is 11.3. The van der Waals surface area contributed by atoms with Crippen molar-refractivity contribution in [3.05, 3.63) is 77.9 Å². The summed E-state index contributed by atoms with van der Waals surface area (Å²) in [6, 6.07) is 11.7. The molecule has 0 aliphatic carbocycles. The number of benzene rings is 1. The zero-order valence-corrected chi connectivity index (χ0v) is 19.4. The Morgan fingerprint density at radius 2 is 1.94 bits per heavy atom. The van der Waals surface area contributed by atoms with Crippen LogP contribution in [0.15, 0.2) is 61.2 Å². The summed E-state index contributed by atoms with van der Waals surface area (Å²) in [4.78, 5) is 33.5. The molecule has 4 aromatic rings. The van der Waals surface area contributed by atoms with E-state index >= 15 is 0 Å². The molecule has 3 aromatic heterocycles. The van der Waals surface area contributed by atoms with E-state index in [1.54, 1.807) is 30.5 Å². The SMILES string of the molecule is CCN1c2ncc(CCOc3ccc(-c4ncc[nH]4)cc3C)cc2C(=O)N(C)c2cccnc21. The summed E-state index contributed by atoms with van der Waals surface area (Å²) in [5, 5.41) is 0. The summed E-state index contributed by atoms with van der Waals surface area (Å²) in [7, 11) is 1.77. The molecule has 5 rings (SSSR count). The first-order chi connectivity index (χ1) is 16.6. The summed E-state index contributed by atoms with van der Waals surface area (Å²) in [6.45, 7) is 5.18. The molecule has 0 unspecified atom stereocenters. The number of H-pyrrole nitrogens is 1. The molecule has 1 N–H and O–H groups in total. The maximum absolute atomic E-state index is 13.3. The van der Waals surface area contributed by atoms with Gasteiger partial charge in [0, 0.05) is 50.4 Å². The number of hydrogen-bond acceptors (Lipinski definition) is 6. The number of aryl methyl sites for hydroxylation is 1. The van der Waals surface area contributed by atoms with Crippen molar-refractivity contribution in [1.29, 1.82) is 0 Å². The van der Waals surface area contributed by atoms with Gasteiger partial charge >= 0.3 is 0 Å².